The molecule has 22 heavy (non-hydrogen) atoms. The lowest BCUT2D eigenvalue weighted by molar-refractivity contribution is 0.507. The summed E-state index contributed by atoms with van der Waals surface area (Å²) in [6.07, 6.45) is 5.34. The molecule has 3 heterocycles. The molecular formula is C15H21N7. The topological polar surface area (TPSA) is 73.5 Å². The summed E-state index contributed by atoms with van der Waals surface area (Å²) in [7, 11) is 3.90. The number of nitrogens with zero attached hydrogens (tertiary/aromatic N) is 6. The van der Waals surface area contributed by atoms with E-state index in [1.54, 1.807) is 11.0 Å². The number of hydrogen-bond donors (Lipinski definition) is 1. The molecule has 0 radical (unpaired) electrons. The van der Waals surface area contributed by atoms with E-state index in [1.165, 1.54) is 0 Å². The van der Waals surface area contributed by atoms with Gasteiger partial charge in [-0.15, -0.1) is 0 Å². The first-order chi connectivity index (χ1) is 10.5. The average Bonchev–Trinajstić information content (AvgIpc) is 3.01. The average molecular weight is 299 g/mol. The fourth-order valence-electron chi connectivity index (χ4n) is 2.74. The molecule has 0 aliphatic heterocycles. The lowest BCUT2D eigenvalue weighted by Crippen LogP contribution is -2.21. The Morgan fingerprint density at radius 2 is 1.91 bits per heavy atom. The fourth-order valence-corrected chi connectivity index (χ4v) is 2.74. The number of rotatable bonds is 4. The fraction of sp³-hybridized carbons (Fsp3) is 0.467. The molecule has 7 nitrogen and oxygen atoms in total. The summed E-state index contributed by atoms with van der Waals surface area (Å²) < 4.78 is 3.81. The molecule has 116 valence electrons. The monoisotopic (exact) mass is 299 g/mol. The molecule has 3 aromatic rings. The Balaban J connectivity index is 2.06. The van der Waals surface area contributed by atoms with E-state index in [0.29, 0.717) is 5.92 Å². The van der Waals surface area contributed by atoms with Crippen LogP contribution in [0, 0.1) is 12.8 Å². The highest BCUT2D eigenvalue weighted by molar-refractivity contribution is 5.89. The van der Waals surface area contributed by atoms with Gasteiger partial charge in [-0.25, -0.2) is 15.0 Å². The second-order valence-corrected chi connectivity index (χ2v) is 5.89. The summed E-state index contributed by atoms with van der Waals surface area (Å²) in [6.45, 7) is 6.31. The lowest BCUT2D eigenvalue weighted by Gasteiger charge is -2.23. The van der Waals surface area contributed by atoms with Gasteiger partial charge in [0.05, 0.1) is 17.1 Å². The Bertz CT molecular complexity index is 799. The summed E-state index contributed by atoms with van der Waals surface area (Å²) in [5, 5.41) is 8.93. The van der Waals surface area contributed by atoms with Crippen LogP contribution in [-0.4, -0.2) is 29.3 Å². The molecule has 7 heteroatoms. The van der Waals surface area contributed by atoms with Crippen molar-refractivity contribution in [3.05, 3.63) is 30.2 Å². The first-order valence-electron chi connectivity index (χ1n) is 7.37. The minimum absolute atomic E-state index is 0.0673. The minimum atomic E-state index is 0.0673. The van der Waals surface area contributed by atoms with Crippen molar-refractivity contribution < 1.29 is 0 Å². The smallest absolute Gasteiger partial charge is 0.163 e. The van der Waals surface area contributed by atoms with Crippen LogP contribution >= 0.6 is 0 Å². The van der Waals surface area contributed by atoms with Crippen molar-refractivity contribution >= 4 is 16.9 Å². The molecule has 1 N–H and O–H groups in total. The van der Waals surface area contributed by atoms with E-state index in [1.807, 2.05) is 38.0 Å². The van der Waals surface area contributed by atoms with Gasteiger partial charge in [0.1, 0.15) is 18.0 Å². The molecule has 0 aliphatic carbocycles. The van der Waals surface area contributed by atoms with E-state index in [4.69, 9.17) is 0 Å². The van der Waals surface area contributed by atoms with Crippen LogP contribution in [0.2, 0.25) is 0 Å². The van der Waals surface area contributed by atoms with Crippen LogP contribution in [0.4, 0.5) is 5.82 Å². The van der Waals surface area contributed by atoms with Crippen molar-refractivity contribution in [3.8, 4) is 0 Å². The highest BCUT2D eigenvalue weighted by Crippen LogP contribution is 2.29. The van der Waals surface area contributed by atoms with Crippen LogP contribution in [0.25, 0.3) is 11.0 Å². The third kappa shape index (κ3) is 2.32. The SMILES string of the molecule is Cc1nn(C)c2ncnc(N[C@@H](c3nccn3C)C(C)C)c12. The number of hydrogen-bond acceptors (Lipinski definition) is 5. The van der Waals surface area contributed by atoms with Gasteiger partial charge in [-0.3, -0.25) is 4.68 Å². The van der Waals surface area contributed by atoms with E-state index in [0.717, 1.165) is 28.4 Å². The number of anilines is 1. The molecule has 0 fully saturated rings. The molecule has 0 aliphatic rings. The molecule has 3 rings (SSSR count). The van der Waals surface area contributed by atoms with Gasteiger partial charge in [-0.1, -0.05) is 13.8 Å². The summed E-state index contributed by atoms with van der Waals surface area (Å²) in [5.74, 6) is 2.16. The van der Waals surface area contributed by atoms with Gasteiger partial charge >= 0.3 is 0 Å². The van der Waals surface area contributed by atoms with E-state index < -0.39 is 0 Å². The van der Waals surface area contributed by atoms with E-state index in [-0.39, 0.29) is 6.04 Å². The predicted octanol–water partition coefficient (Wildman–Crippen LogP) is 2.21. The van der Waals surface area contributed by atoms with E-state index in [2.05, 4.69) is 39.2 Å². The largest absolute Gasteiger partial charge is 0.359 e. The second kappa shape index (κ2) is 5.40. The zero-order valence-electron chi connectivity index (χ0n) is 13.6. The number of aryl methyl sites for hydroxylation is 3. The van der Waals surface area contributed by atoms with Crippen molar-refractivity contribution in [3.63, 3.8) is 0 Å². The van der Waals surface area contributed by atoms with Gasteiger partial charge in [0.15, 0.2) is 5.65 Å². The van der Waals surface area contributed by atoms with Crippen LogP contribution in [0.5, 0.6) is 0 Å². The number of nitrogens with one attached hydrogen (secondary N) is 1. The first-order valence-corrected chi connectivity index (χ1v) is 7.37. The maximum atomic E-state index is 4.48. The predicted molar refractivity (Wildman–Crippen MR) is 85.5 cm³/mol. The number of aromatic nitrogens is 6. The molecule has 0 aromatic carbocycles. The van der Waals surface area contributed by atoms with Crippen molar-refractivity contribution in [2.24, 2.45) is 20.0 Å². The standard InChI is InChI=1S/C15H21N7/c1-9(2)12(15-16-6-7-21(15)4)19-13-11-10(3)20-22(5)14(11)18-8-17-13/h6-9,12H,1-5H3,(H,17,18,19)/t12-/m1/s1. The molecule has 0 bridgehead atoms. The minimum Gasteiger partial charge on any atom is -0.359 e. The normalized spacial score (nSPS) is 13.0. The van der Waals surface area contributed by atoms with Crippen LogP contribution in [0.15, 0.2) is 18.7 Å². The van der Waals surface area contributed by atoms with Crippen molar-refractivity contribution in [2.45, 2.75) is 26.8 Å². The van der Waals surface area contributed by atoms with Crippen LogP contribution in [-0.2, 0) is 14.1 Å². The molecule has 3 aromatic heterocycles. The summed E-state index contributed by atoms with van der Waals surface area (Å²) in [4.78, 5) is 13.2. The van der Waals surface area contributed by atoms with Crippen molar-refractivity contribution in [1.82, 2.24) is 29.3 Å². The summed E-state index contributed by atoms with van der Waals surface area (Å²) in [6, 6.07) is 0.0673. The zero-order valence-corrected chi connectivity index (χ0v) is 13.6. The highest BCUT2D eigenvalue weighted by atomic mass is 15.3. The number of imidazole rings is 1. The third-order valence-electron chi connectivity index (χ3n) is 3.89. The summed E-state index contributed by atoms with van der Waals surface area (Å²) >= 11 is 0. The van der Waals surface area contributed by atoms with Gasteiger partial charge in [-0.2, -0.15) is 5.10 Å². The van der Waals surface area contributed by atoms with E-state index in [9.17, 15) is 0 Å². The molecular weight excluding hydrogens is 278 g/mol. The number of fused-ring (bicyclic) bond motifs is 1. The lowest BCUT2D eigenvalue weighted by atomic mass is 10.0. The molecule has 0 saturated heterocycles. The van der Waals surface area contributed by atoms with Crippen LogP contribution in [0.1, 0.15) is 31.4 Å². The zero-order chi connectivity index (χ0) is 15.9. The van der Waals surface area contributed by atoms with Gasteiger partial charge in [-0.05, 0) is 12.8 Å². The molecule has 1 atom stereocenters. The molecule has 0 spiro atoms. The Hall–Kier alpha value is -2.44. The Kier molecular flexibility index (Phi) is 3.56. The van der Waals surface area contributed by atoms with Gasteiger partial charge in [0.25, 0.3) is 0 Å². The van der Waals surface area contributed by atoms with Gasteiger partial charge in [0, 0.05) is 26.5 Å². The molecule has 0 amide bonds. The van der Waals surface area contributed by atoms with Gasteiger partial charge in [0.2, 0.25) is 0 Å². The Morgan fingerprint density at radius 3 is 2.55 bits per heavy atom. The highest BCUT2D eigenvalue weighted by Gasteiger charge is 2.22. The van der Waals surface area contributed by atoms with Crippen LogP contribution < -0.4 is 5.32 Å². The van der Waals surface area contributed by atoms with Crippen molar-refractivity contribution in [1.29, 1.82) is 0 Å². The quantitative estimate of drug-likeness (QED) is 0.799. The molecule has 0 unspecified atom stereocenters. The van der Waals surface area contributed by atoms with Crippen LogP contribution in [0.3, 0.4) is 0 Å². The van der Waals surface area contributed by atoms with E-state index >= 15 is 0 Å². The Morgan fingerprint density at radius 1 is 1.14 bits per heavy atom. The maximum absolute atomic E-state index is 4.48. The maximum Gasteiger partial charge on any atom is 0.163 e. The first kappa shape index (κ1) is 14.5. The molecule has 0 saturated carbocycles. The second-order valence-electron chi connectivity index (χ2n) is 5.89. The van der Waals surface area contributed by atoms with Crippen molar-refractivity contribution in [2.75, 3.05) is 5.32 Å². The van der Waals surface area contributed by atoms with Gasteiger partial charge < -0.3 is 9.88 Å². The summed E-state index contributed by atoms with van der Waals surface area (Å²) in [5.41, 5.74) is 1.75. The third-order valence-corrected chi connectivity index (χ3v) is 3.89. The Labute approximate surface area is 129 Å².